The van der Waals surface area contributed by atoms with Crippen molar-refractivity contribution in [3.8, 4) is 5.88 Å². The maximum atomic E-state index is 13.3. The van der Waals surface area contributed by atoms with E-state index in [0.717, 1.165) is 35.2 Å². The molecule has 8 nitrogen and oxygen atoms in total. The van der Waals surface area contributed by atoms with Crippen LogP contribution in [0.4, 0.5) is 5.69 Å². The van der Waals surface area contributed by atoms with E-state index in [-0.39, 0.29) is 17.1 Å². The van der Waals surface area contributed by atoms with Crippen LogP contribution >= 0.6 is 11.3 Å². The Hall–Kier alpha value is -3.33. The molecule has 1 N–H and O–H groups in total. The molecule has 2 unspecified atom stereocenters. The molecule has 9 heteroatoms. The molecule has 3 aromatic heterocycles. The predicted molar refractivity (Wildman–Crippen MR) is 129 cm³/mol. The fourth-order valence-electron chi connectivity index (χ4n) is 4.61. The number of carbonyl (C=O) groups is 1. The molecule has 0 bridgehead atoms. The van der Waals surface area contributed by atoms with Gasteiger partial charge in [0, 0.05) is 16.8 Å². The zero-order chi connectivity index (χ0) is 23.3. The highest BCUT2D eigenvalue weighted by molar-refractivity contribution is 7.18. The highest BCUT2D eigenvalue weighted by atomic mass is 32.1. The summed E-state index contributed by atoms with van der Waals surface area (Å²) in [7, 11) is 0. The Morgan fingerprint density at radius 1 is 1.36 bits per heavy atom. The molecule has 1 aliphatic carbocycles. The van der Waals surface area contributed by atoms with Gasteiger partial charge in [-0.2, -0.15) is 0 Å². The molecule has 0 spiro atoms. The lowest BCUT2D eigenvalue weighted by atomic mass is 9.89. The van der Waals surface area contributed by atoms with Crippen molar-refractivity contribution in [3.05, 3.63) is 51.4 Å². The maximum Gasteiger partial charge on any atom is 0.287 e. The summed E-state index contributed by atoms with van der Waals surface area (Å²) in [6.45, 7) is 6.31. The summed E-state index contributed by atoms with van der Waals surface area (Å²) in [5.74, 6) is -0.0187. The molecule has 0 radical (unpaired) electrons. The number of thiophene rings is 1. The standard InChI is InChI=1S/C24H25N5O3S/c1-4-28-17-8-6-5-7-15(17)20(24(28)32)26-27-21(30)14(3)29-12-25-22-19(23(29)31)16-10-9-13(2)11-18(16)33-22/h5-8,12-14,32H,4,9-11H2,1-3H3. The van der Waals surface area contributed by atoms with E-state index in [1.807, 2.05) is 31.2 Å². The molecule has 0 aliphatic heterocycles. The summed E-state index contributed by atoms with van der Waals surface area (Å²) in [5.41, 5.74) is 1.93. The van der Waals surface area contributed by atoms with Crippen LogP contribution in [0.5, 0.6) is 5.88 Å². The topological polar surface area (TPSA) is 102 Å². The van der Waals surface area contributed by atoms with Crippen molar-refractivity contribution >= 4 is 44.1 Å². The van der Waals surface area contributed by atoms with Crippen LogP contribution in [0.15, 0.2) is 45.6 Å². The molecule has 0 fully saturated rings. The molecule has 4 aromatic rings. The number of para-hydroxylation sites is 1. The quantitative estimate of drug-likeness (QED) is 0.424. The normalized spacial score (nSPS) is 17.1. The molecule has 1 aromatic carbocycles. The highest BCUT2D eigenvalue weighted by Crippen LogP contribution is 2.39. The first-order chi connectivity index (χ1) is 15.9. The zero-order valence-corrected chi connectivity index (χ0v) is 19.6. The van der Waals surface area contributed by atoms with Gasteiger partial charge in [0.05, 0.1) is 17.2 Å². The molecule has 0 saturated carbocycles. The number of aromatic nitrogens is 3. The van der Waals surface area contributed by atoms with Crippen LogP contribution in [0.3, 0.4) is 0 Å². The largest absolute Gasteiger partial charge is 0.493 e. The Morgan fingerprint density at radius 3 is 2.94 bits per heavy atom. The van der Waals surface area contributed by atoms with Crippen molar-refractivity contribution in [1.82, 2.24) is 14.1 Å². The first-order valence-electron chi connectivity index (χ1n) is 11.2. The minimum atomic E-state index is -0.863. The molecule has 1 aliphatic rings. The smallest absolute Gasteiger partial charge is 0.287 e. The van der Waals surface area contributed by atoms with E-state index >= 15 is 0 Å². The number of aromatic hydroxyl groups is 1. The third kappa shape index (κ3) is 3.47. The van der Waals surface area contributed by atoms with Crippen molar-refractivity contribution in [3.63, 3.8) is 0 Å². The van der Waals surface area contributed by atoms with Crippen LogP contribution < -0.4 is 5.56 Å². The van der Waals surface area contributed by atoms with Gasteiger partial charge in [0.15, 0.2) is 5.69 Å². The van der Waals surface area contributed by atoms with E-state index in [1.165, 1.54) is 15.8 Å². The monoisotopic (exact) mass is 463 g/mol. The van der Waals surface area contributed by atoms with E-state index in [0.29, 0.717) is 23.2 Å². The number of carbonyl (C=O) groups excluding carboxylic acids is 1. The Bertz CT molecular complexity index is 1480. The summed E-state index contributed by atoms with van der Waals surface area (Å²) < 4.78 is 3.05. The third-order valence-electron chi connectivity index (χ3n) is 6.50. The lowest BCUT2D eigenvalue weighted by Gasteiger charge is -2.17. The number of rotatable bonds is 4. The average Bonchev–Trinajstić information content (AvgIpc) is 3.31. The number of fused-ring (bicyclic) bond motifs is 4. The van der Waals surface area contributed by atoms with Crippen LogP contribution in [0, 0.1) is 5.92 Å². The fourth-order valence-corrected chi connectivity index (χ4v) is 5.95. The van der Waals surface area contributed by atoms with Crippen molar-refractivity contribution < 1.29 is 9.90 Å². The minimum Gasteiger partial charge on any atom is -0.493 e. The summed E-state index contributed by atoms with van der Waals surface area (Å²) >= 11 is 1.58. The van der Waals surface area contributed by atoms with Gasteiger partial charge in [-0.15, -0.1) is 21.6 Å². The molecule has 3 heterocycles. The second-order valence-corrected chi connectivity index (χ2v) is 9.72. The highest BCUT2D eigenvalue weighted by Gasteiger charge is 2.25. The molecule has 0 saturated heterocycles. The summed E-state index contributed by atoms with van der Waals surface area (Å²) in [6, 6.07) is 6.56. The van der Waals surface area contributed by atoms with Gasteiger partial charge >= 0.3 is 0 Å². The van der Waals surface area contributed by atoms with Gasteiger partial charge in [-0.1, -0.05) is 25.1 Å². The van der Waals surface area contributed by atoms with Gasteiger partial charge < -0.3 is 9.67 Å². The van der Waals surface area contributed by atoms with Crippen molar-refractivity contribution in [1.29, 1.82) is 0 Å². The molecule has 1 amide bonds. The Morgan fingerprint density at radius 2 is 2.15 bits per heavy atom. The molecule has 170 valence electrons. The van der Waals surface area contributed by atoms with Crippen LogP contribution in [0.2, 0.25) is 0 Å². The van der Waals surface area contributed by atoms with E-state index in [4.69, 9.17) is 0 Å². The lowest BCUT2D eigenvalue weighted by Crippen LogP contribution is -2.28. The second kappa shape index (κ2) is 8.22. The SMILES string of the molecule is CCn1c(O)c(N=NC(=O)C(C)n2cnc3sc4c(c3c2=O)CCC(C)C4)c2ccccc21. The molecule has 33 heavy (non-hydrogen) atoms. The van der Waals surface area contributed by atoms with Gasteiger partial charge in [-0.05, 0) is 50.7 Å². The van der Waals surface area contributed by atoms with E-state index in [9.17, 15) is 14.7 Å². The van der Waals surface area contributed by atoms with Gasteiger partial charge in [0.1, 0.15) is 10.9 Å². The Balaban J connectivity index is 1.49. The van der Waals surface area contributed by atoms with Gasteiger partial charge in [0.25, 0.3) is 11.5 Å². The van der Waals surface area contributed by atoms with Crippen molar-refractivity contribution in [2.24, 2.45) is 16.1 Å². The fraction of sp³-hybridized carbons (Fsp3) is 0.375. The van der Waals surface area contributed by atoms with Gasteiger partial charge in [0.2, 0.25) is 5.88 Å². The first-order valence-corrected chi connectivity index (χ1v) is 12.0. The number of benzene rings is 1. The second-order valence-electron chi connectivity index (χ2n) is 8.64. The number of nitrogens with zero attached hydrogens (tertiary/aromatic N) is 5. The summed E-state index contributed by atoms with van der Waals surface area (Å²) in [4.78, 5) is 32.6. The summed E-state index contributed by atoms with van der Waals surface area (Å²) in [6.07, 6.45) is 4.30. The third-order valence-corrected chi connectivity index (χ3v) is 7.66. The number of azo groups is 1. The molecule has 5 rings (SSSR count). The van der Waals surface area contributed by atoms with Crippen LogP contribution in [-0.2, 0) is 24.2 Å². The number of amides is 1. The van der Waals surface area contributed by atoms with Crippen LogP contribution in [0.1, 0.15) is 43.7 Å². The van der Waals surface area contributed by atoms with Gasteiger partial charge in [-0.3, -0.25) is 14.2 Å². The molecular formula is C24H25N5O3S. The maximum absolute atomic E-state index is 13.3. The van der Waals surface area contributed by atoms with E-state index in [1.54, 1.807) is 22.8 Å². The zero-order valence-electron chi connectivity index (χ0n) is 18.8. The van der Waals surface area contributed by atoms with E-state index in [2.05, 4.69) is 22.1 Å². The Kier molecular flexibility index (Phi) is 5.36. The van der Waals surface area contributed by atoms with Crippen LogP contribution in [-0.4, -0.2) is 25.1 Å². The first kappa shape index (κ1) is 21.5. The minimum absolute atomic E-state index is 0.0396. The van der Waals surface area contributed by atoms with Crippen molar-refractivity contribution in [2.45, 2.75) is 52.6 Å². The number of hydrogen-bond donors (Lipinski definition) is 1. The van der Waals surface area contributed by atoms with E-state index < -0.39 is 11.9 Å². The van der Waals surface area contributed by atoms with Crippen LogP contribution in [0.25, 0.3) is 21.1 Å². The molecule has 2 atom stereocenters. The number of aryl methyl sites for hydroxylation is 2. The predicted octanol–water partition coefficient (Wildman–Crippen LogP) is 5.13. The molecular weight excluding hydrogens is 438 g/mol. The van der Waals surface area contributed by atoms with Gasteiger partial charge in [-0.25, -0.2) is 4.98 Å². The Labute approximate surface area is 194 Å². The average molecular weight is 464 g/mol. The summed E-state index contributed by atoms with van der Waals surface area (Å²) in [5, 5.41) is 19.9. The van der Waals surface area contributed by atoms with Crippen molar-refractivity contribution in [2.75, 3.05) is 0 Å². The lowest BCUT2D eigenvalue weighted by molar-refractivity contribution is -0.121. The number of hydrogen-bond acceptors (Lipinski definition) is 6.